The number of fused-ring (bicyclic) bond motifs is 1. The summed E-state index contributed by atoms with van der Waals surface area (Å²) in [5.74, 6) is 0.235. The smallest absolute Gasteiger partial charge is 0.407 e. The number of halogens is 1. The molecule has 0 bridgehead atoms. The van der Waals surface area contributed by atoms with Crippen LogP contribution in [0.1, 0.15) is 53.8 Å². The molecule has 0 saturated carbocycles. The standard InChI is InChI=1S/C23H34BrN5O6/c1-22(2,3)34-20(31)25-9-7-17-28-16-13-15(24)14-27-19(16)29(17)11-12-33-18(30)8-10-26-21(32)35-23(4,5)6/h13-14H,7-12H2,1-6H3,(H,25,31)(H,26,32). The lowest BCUT2D eigenvalue weighted by Gasteiger charge is -2.19. The van der Waals surface area contributed by atoms with Crippen molar-refractivity contribution in [3.63, 3.8) is 0 Å². The van der Waals surface area contributed by atoms with Gasteiger partial charge in [-0.1, -0.05) is 0 Å². The number of ether oxygens (including phenoxy) is 3. The molecule has 2 aromatic rings. The lowest BCUT2D eigenvalue weighted by Crippen LogP contribution is -2.34. The van der Waals surface area contributed by atoms with E-state index in [1.807, 2.05) is 10.6 Å². The van der Waals surface area contributed by atoms with Gasteiger partial charge in [0.1, 0.15) is 29.2 Å². The maximum Gasteiger partial charge on any atom is 0.407 e. The van der Waals surface area contributed by atoms with E-state index in [4.69, 9.17) is 14.2 Å². The molecular formula is C23H34BrN5O6. The molecule has 0 fully saturated rings. The Kier molecular flexibility index (Phi) is 9.87. The number of hydrogen-bond acceptors (Lipinski definition) is 8. The summed E-state index contributed by atoms with van der Waals surface area (Å²) < 4.78 is 18.3. The van der Waals surface area contributed by atoms with Crippen LogP contribution >= 0.6 is 15.9 Å². The van der Waals surface area contributed by atoms with Crippen molar-refractivity contribution in [2.45, 2.75) is 72.1 Å². The Labute approximate surface area is 213 Å². The topological polar surface area (TPSA) is 134 Å². The number of hydrogen-bond donors (Lipinski definition) is 2. The van der Waals surface area contributed by atoms with Crippen LogP contribution in [-0.4, -0.2) is 63.6 Å². The molecule has 0 aliphatic heterocycles. The summed E-state index contributed by atoms with van der Waals surface area (Å²) in [6, 6.07) is 1.85. The van der Waals surface area contributed by atoms with E-state index < -0.39 is 29.4 Å². The van der Waals surface area contributed by atoms with Crippen molar-refractivity contribution in [2.24, 2.45) is 0 Å². The van der Waals surface area contributed by atoms with Crippen LogP contribution in [-0.2, 0) is 32.0 Å². The summed E-state index contributed by atoms with van der Waals surface area (Å²) in [6.45, 7) is 11.5. The number of aromatic nitrogens is 3. The van der Waals surface area contributed by atoms with Gasteiger partial charge in [-0.2, -0.15) is 0 Å². The van der Waals surface area contributed by atoms with Crippen molar-refractivity contribution in [3.8, 4) is 0 Å². The van der Waals surface area contributed by atoms with Gasteiger partial charge >= 0.3 is 18.2 Å². The van der Waals surface area contributed by atoms with Crippen molar-refractivity contribution < 1.29 is 28.6 Å². The Bertz CT molecular complexity index is 1040. The minimum Gasteiger partial charge on any atom is -0.464 e. The second-order valence-corrected chi connectivity index (χ2v) is 10.7. The molecule has 0 aliphatic rings. The molecule has 0 radical (unpaired) electrons. The van der Waals surface area contributed by atoms with E-state index in [1.54, 1.807) is 47.7 Å². The molecule has 2 N–H and O–H groups in total. The fourth-order valence-electron chi connectivity index (χ4n) is 2.95. The summed E-state index contributed by atoms with van der Waals surface area (Å²) in [4.78, 5) is 44.7. The molecule has 12 heteroatoms. The summed E-state index contributed by atoms with van der Waals surface area (Å²) in [5.41, 5.74) is 0.129. The molecule has 35 heavy (non-hydrogen) atoms. The lowest BCUT2D eigenvalue weighted by molar-refractivity contribution is -0.143. The molecule has 194 valence electrons. The Hall–Kier alpha value is -2.89. The highest BCUT2D eigenvalue weighted by Crippen LogP contribution is 2.19. The zero-order chi connectivity index (χ0) is 26.2. The number of carbonyl (C=O) groups is 3. The third-order valence-electron chi connectivity index (χ3n) is 4.22. The number of nitrogens with one attached hydrogen (secondary N) is 2. The van der Waals surface area contributed by atoms with Crippen LogP contribution in [0.4, 0.5) is 9.59 Å². The molecule has 0 aliphatic carbocycles. The fraction of sp³-hybridized carbons (Fsp3) is 0.609. The van der Waals surface area contributed by atoms with E-state index in [-0.39, 0.29) is 19.6 Å². The van der Waals surface area contributed by atoms with Crippen molar-refractivity contribution in [3.05, 3.63) is 22.6 Å². The first-order valence-electron chi connectivity index (χ1n) is 11.3. The third kappa shape index (κ3) is 10.5. The van der Waals surface area contributed by atoms with Crippen LogP contribution in [0.3, 0.4) is 0 Å². The first kappa shape index (κ1) is 28.3. The van der Waals surface area contributed by atoms with Gasteiger partial charge in [-0.15, -0.1) is 0 Å². The minimum absolute atomic E-state index is 0.0157. The molecule has 2 heterocycles. The van der Waals surface area contributed by atoms with E-state index in [1.165, 1.54) is 0 Å². The minimum atomic E-state index is -0.609. The normalized spacial score (nSPS) is 11.7. The monoisotopic (exact) mass is 555 g/mol. The van der Waals surface area contributed by atoms with Gasteiger partial charge in [0, 0.05) is 30.2 Å². The van der Waals surface area contributed by atoms with Crippen LogP contribution < -0.4 is 10.6 Å². The number of imidazole rings is 1. The maximum absolute atomic E-state index is 12.1. The van der Waals surface area contributed by atoms with E-state index in [0.717, 1.165) is 4.47 Å². The zero-order valence-corrected chi connectivity index (χ0v) is 22.7. The van der Waals surface area contributed by atoms with Gasteiger partial charge in [0.25, 0.3) is 0 Å². The molecule has 2 rings (SSSR count). The molecule has 2 aromatic heterocycles. The van der Waals surface area contributed by atoms with Crippen molar-refractivity contribution in [1.82, 2.24) is 25.2 Å². The number of esters is 1. The van der Waals surface area contributed by atoms with Crippen LogP contribution in [0.5, 0.6) is 0 Å². The summed E-state index contributed by atoms with van der Waals surface area (Å²) in [5, 5.41) is 5.24. The van der Waals surface area contributed by atoms with Crippen LogP contribution in [0.2, 0.25) is 0 Å². The number of pyridine rings is 1. The second-order valence-electron chi connectivity index (χ2n) is 9.75. The number of nitrogens with zero attached hydrogens (tertiary/aromatic N) is 3. The van der Waals surface area contributed by atoms with Crippen LogP contribution in [0.15, 0.2) is 16.7 Å². The Balaban J connectivity index is 1.90. The molecule has 2 amide bonds. The van der Waals surface area contributed by atoms with E-state index >= 15 is 0 Å². The highest BCUT2D eigenvalue weighted by molar-refractivity contribution is 9.10. The third-order valence-corrected chi connectivity index (χ3v) is 4.66. The van der Waals surface area contributed by atoms with Crippen molar-refractivity contribution in [2.75, 3.05) is 19.7 Å². The number of rotatable bonds is 9. The summed E-state index contributed by atoms with van der Waals surface area (Å²) in [7, 11) is 0. The second kappa shape index (κ2) is 12.2. The van der Waals surface area contributed by atoms with Crippen molar-refractivity contribution >= 4 is 45.2 Å². The summed E-state index contributed by atoms with van der Waals surface area (Å²) in [6.07, 6.45) is 1.02. The highest BCUT2D eigenvalue weighted by atomic mass is 79.9. The van der Waals surface area contributed by atoms with E-state index in [9.17, 15) is 14.4 Å². The van der Waals surface area contributed by atoms with E-state index in [2.05, 4.69) is 36.5 Å². The average Bonchev–Trinajstić information content (AvgIpc) is 3.01. The predicted octanol–water partition coefficient (Wildman–Crippen LogP) is 3.72. The van der Waals surface area contributed by atoms with Crippen LogP contribution in [0, 0.1) is 0 Å². The number of carbonyl (C=O) groups excluding carboxylic acids is 3. The predicted molar refractivity (Wildman–Crippen MR) is 133 cm³/mol. The Morgan fingerprint density at radius 2 is 1.60 bits per heavy atom. The number of amides is 2. The molecule has 11 nitrogen and oxygen atoms in total. The maximum atomic E-state index is 12.1. The SMILES string of the molecule is CC(C)(C)OC(=O)NCCC(=O)OCCn1c(CCNC(=O)OC(C)(C)C)nc2cc(Br)cnc21. The molecule has 0 unspecified atom stereocenters. The fourth-order valence-corrected chi connectivity index (χ4v) is 3.27. The average molecular weight is 556 g/mol. The highest BCUT2D eigenvalue weighted by Gasteiger charge is 2.18. The first-order chi connectivity index (χ1) is 16.2. The van der Waals surface area contributed by atoms with E-state index in [0.29, 0.717) is 36.5 Å². The molecule has 0 spiro atoms. The van der Waals surface area contributed by atoms with Crippen LogP contribution in [0.25, 0.3) is 11.2 Å². The summed E-state index contributed by atoms with van der Waals surface area (Å²) >= 11 is 3.39. The van der Waals surface area contributed by atoms with Gasteiger partial charge < -0.3 is 29.4 Å². The zero-order valence-electron chi connectivity index (χ0n) is 21.1. The largest absolute Gasteiger partial charge is 0.464 e. The van der Waals surface area contributed by atoms with Crippen molar-refractivity contribution in [1.29, 1.82) is 0 Å². The molecule has 0 aromatic carbocycles. The van der Waals surface area contributed by atoms with Gasteiger partial charge in [0.15, 0.2) is 5.65 Å². The van der Waals surface area contributed by atoms with Gasteiger partial charge in [-0.25, -0.2) is 19.6 Å². The molecule has 0 atom stereocenters. The van der Waals surface area contributed by atoms with Gasteiger partial charge in [-0.05, 0) is 63.5 Å². The Morgan fingerprint density at radius 1 is 1.00 bits per heavy atom. The first-order valence-corrected chi connectivity index (χ1v) is 12.1. The molecule has 0 saturated heterocycles. The Morgan fingerprint density at radius 3 is 2.20 bits per heavy atom. The number of alkyl carbamates (subject to hydrolysis) is 2. The molecular weight excluding hydrogens is 522 g/mol. The lowest BCUT2D eigenvalue weighted by atomic mass is 10.2. The van der Waals surface area contributed by atoms with Gasteiger partial charge in [0.2, 0.25) is 0 Å². The van der Waals surface area contributed by atoms with Gasteiger partial charge in [0.05, 0.1) is 13.0 Å². The quantitative estimate of drug-likeness (QED) is 0.353. The van der Waals surface area contributed by atoms with Gasteiger partial charge in [-0.3, -0.25) is 4.79 Å².